The summed E-state index contributed by atoms with van der Waals surface area (Å²) in [5.41, 5.74) is 0.971. The van der Waals surface area contributed by atoms with Gasteiger partial charge < -0.3 is 10.1 Å². The molecule has 2 rings (SSSR count). The van der Waals surface area contributed by atoms with Crippen LogP contribution in [0.15, 0.2) is 24.8 Å². The van der Waals surface area contributed by atoms with Gasteiger partial charge in [-0.15, -0.1) is 0 Å². The molecule has 6 nitrogen and oxygen atoms in total. The summed E-state index contributed by atoms with van der Waals surface area (Å²) in [4.78, 5) is 8.23. The third-order valence-electron chi connectivity index (χ3n) is 2.30. The van der Waals surface area contributed by atoms with Crippen LogP contribution in [0, 0.1) is 0 Å². The van der Waals surface area contributed by atoms with Gasteiger partial charge in [-0.3, -0.25) is 10.1 Å². The quantitative estimate of drug-likeness (QED) is 0.784. The predicted octanol–water partition coefficient (Wildman–Crippen LogP) is 0.517. The first kappa shape index (κ1) is 10.6. The molecule has 0 aromatic carbocycles. The summed E-state index contributed by atoms with van der Waals surface area (Å²) >= 11 is 0. The summed E-state index contributed by atoms with van der Waals surface area (Å²) in [6, 6.07) is 1.85. The fraction of sp³-hybridized carbons (Fsp3) is 0.300. The summed E-state index contributed by atoms with van der Waals surface area (Å²) in [7, 11) is 3.47. The zero-order chi connectivity index (χ0) is 11.4. The summed E-state index contributed by atoms with van der Waals surface area (Å²) < 4.78 is 5.13. The number of aromatic amines is 1. The second-order valence-corrected chi connectivity index (χ2v) is 3.25. The van der Waals surface area contributed by atoms with Crippen LogP contribution >= 0.6 is 0 Å². The van der Waals surface area contributed by atoms with Crippen LogP contribution in [0.4, 0.5) is 0 Å². The third-order valence-corrected chi connectivity index (χ3v) is 2.30. The molecule has 0 aliphatic heterocycles. The van der Waals surface area contributed by atoms with Gasteiger partial charge in [0.05, 0.1) is 19.3 Å². The fourth-order valence-electron chi connectivity index (χ4n) is 1.52. The number of nitrogens with one attached hydrogen (secondary N) is 2. The lowest BCUT2D eigenvalue weighted by atomic mass is 10.1. The van der Waals surface area contributed by atoms with Crippen molar-refractivity contribution in [2.45, 2.75) is 6.04 Å². The van der Waals surface area contributed by atoms with E-state index >= 15 is 0 Å². The van der Waals surface area contributed by atoms with Crippen LogP contribution < -0.4 is 10.1 Å². The van der Waals surface area contributed by atoms with E-state index in [0.29, 0.717) is 0 Å². The van der Waals surface area contributed by atoms with Gasteiger partial charge in [0.1, 0.15) is 17.9 Å². The van der Waals surface area contributed by atoms with Gasteiger partial charge in [-0.2, -0.15) is 5.10 Å². The van der Waals surface area contributed by atoms with Crippen LogP contribution in [-0.4, -0.2) is 34.3 Å². The highest BCUT2D eigenvalue weighted by molar-refractivity contribution is 5.29. The van der Waals surface area contributed by atoms with Crippen molar-refractivity contribution in [2.24, 2.45) is 0 Å². The zero-order valence-electron chi connectivity index (χ0n) is 9.14. The van der Waals surface area contributed by atoms with Crippen molar-refractivity contribution in [2.75, 3.05) is 14.2 Å². The summed E-state index contributed by atoms with van der Waals surface area (Å²) in [5.74, 6) is 1.47. The van der Waals surface area contributed by atoms with Gasteiger partial charge >= 0.3 is 0 Å². The molecule has 2 aromatic heterocycles. The molecule has 0 amide bonds. The Bertz CT molecular complexity index is 442. The lowest BCUT2D eigenvalue weighted by molar-refractivity contribution is 0.411. The van der Waals surface area contributed by atoms with Gasteiger partial charge in [0.25, 0.3) is 0 Å². The normalized spacial score (nSPS) is 12.4. The maximum absolute atomic E-state index is 5.13. The van der Waals surface area contributed by atoms with Gasteiger partial charge in [0, 0.05) is 6.20 Å². The van der Waals surface area contributed by atoms with Crippen molar-refractivity contribution in [3.8, 4) is 5.75 Å². The molecule has 2 heterocycles. The van der Waals surface area contributed by atoms with Crippen LogP contribution in [-0.2, 0) is 0 Å². The Morgan fingerprint density at radius 3 is 2.94 bits per heavy atom. The van der Waals surface area contributed by atoms with Crippen LogP contribution in [0.1, 0.15) is 17.4 Å². The van der Waals surface area contributed by atoms with Crippen molar-refractivity contribution in [3.63, 3.8) is 0 Å². The van der Waals surface area contributed by atoms with Gasteiger partial charge in [-0.1, -0.05) is 0 Å². The number of pyridine rings is 1. The summed E-state index contributed by atoms with van der Waals surface area (Å²) in [6.45, 7) is 0. The smallest absolute Gasteiger partial charge is 0.146 e. The highest BCUT2D eigenvalue weighted by Crippen LogP contribution is 2.20. The standard InChI is InChI=1S/C10H13N5O/c1-11-9(10-13-6-14-15-10)7-3-8(16-2)5-12-4-7/h3-6,9,11H,1-2H3,(H,13,14,15). The van der Waals surface area contributed by atoms with E-state index in [1.807, 2.05) is 13.1 Å². The number of H-pyrrole nitrogens is 1. The second kappa shape index (κ2) is 4.71. The fourth-order valence-corrected chi connectivity index (χ4v) is 1.52. The third kappa shape index (κ3) is 2.01. The van der Waals surface area contributed by atoms with E-state index in [1.165, 1.54) is 6.33 Å². The Hall–Kier alpha value is -1.95. The van der Waals surface area contributed by atoms with Crippen molar-refractivity contribution in [3.05, 3.63) is 36.2 Å². The summed E-state index contributed by atoms with van der Waals surface area (Å²) in [6.07, 6.45) is 4.91. The molecule has 0 aliphatic carbocycles. The predicted molar refractivity (Wildman–Crippen MR) is 58.1 cm³/mol. The van der Waals surface area contributed by atoms with Gasteiger partial charge in [0.15, 0.2) is 0 Å². The first-order chi connectivity index (χ1) is 7.85. The van der Waals surface area contributed by atoms with Gasteiger partial charge in [0.2, 0.25) is 0 Å². The van der Waals surface area contributed by atoms with Crippen molar-refractivity contribution >= 4 is 0 Å². The molecule has 16 heavy (non-hydrogen) atoms. The molecule has 1 atom stereocenters. The molecule has 84 valence electrons. The van der Waals surface area contributed by atoms with Crippen molar-refractivity contribution in [1.82, 2.24) is 25.5 Å². The van der Waals surface area contributed by atoms with E-state index in [2.05, 4.69) is 25.5 Å². The van der Waals surface area contributed by atoms with Crippen LogP contribution in [0.5, 0.6) is 5.75 Å². The molecule has 0 spiro atoms. The van der Waals surface area contributed by atoms with Crippen molar-refractivity contribution < 1.29 is 4.74 Å². The van der Waals surface area contributed by atoms with Gasteiger partial charge in [-0.25, -0.2) is 4.98 Å². The number of methoxy groups -OCH3 is 1. The zero-order valence-corrected chi connectivity index (χ0v) is 9.14. The van der Waals surface area contributed by atoms with Crippen LogP contribution in [0.3, 0.4) is 0 Å². The Labute approximate surface area is 93.1 Å². The number of hydrogen-bond donors (Lipinski definition) is 2. The second-order valence-electron chi connectivity index (χ2n) is 3.25. The lowest BCUT2D eigenvalue weighted by Gasteiger charge is -2.13. The minimum Gasteiger partial charge on any atom is -0.495 e. The molecule has 1 unspecified atom stereocenters. The first-order valence-electron chi connectivity index (χ1n) is 4.86. The minimum absolute atomic E-state index is 0.0647. The van der Waals surface area contributed by atoms with Crippen molar-refractivity contribution in [1.29, 1.82) is 0 Å². The number of nitrogens with zero attached hydrogens (tertiary/aromatic N) is 3. The number of hydrogen-bond acceptors (Lipinski definition) is 5. The molecule has 0 saturated heterocycles. The average molecular weight is 219 g/mol. The maximum atomic E-state index is 5.13. The molecular formula is C10H13N5O. The monoisotopic (exact) mass is 219 g/mol. The molecular weight excluding hydrogens is 206 g/mol. The average Bonchev–Trinajstić information content (AvgIpc) is 2.84. The molecule has 0 fully saturated rings. The molecule has 0 aliphatic rings. The number of aromatic nitrogens is 4. The molecule has 0 bridgehead atoms. The molecule has 0 saturated carbocycles. The highest BCUT2D eigenvalue weighted by atomic mass is 16.5. The summed E-state index contributed by atoms with van der Waals surface area (Å²) in [5, 5.41) is 9.81. The Balaban J connectivity index is 2.33. The van der Waals surface area contributed by atoms with Crippen LogP contribution in [0.2, 0.25) is 0 Å². The van der Waals surface area contributed by atoms with Crippen LogP contribution in [0.25, 0.3) is 0 Å². The Kier molecular flexibility index (Phi) is 3.11. The number of ether oxygens (including phenoxy) is 1. The van der Waals surface area contributed by atoms with E-state index < -0.39 is 0 Å². The van der Waals surface area contributed by atoms with E-state index in [4.69, 9.17) is 4.74 Å². The minimum atomic E-state index is -0.0647. The Morgan fingerprint density at radius 1 is 1.44 bits per heavy atom. The Morgan fingerprint density at radius 2 is 2.31 bits per heavy atom. The number of rotatable bonds is 4. The van der Waals surface area contributed by atoms with Gasteiger partial charge in [-0.05, 0) is 18.7 Å². The SMILES string of the molecule is CNC(c1cncc(OC)c1)c1ncn[nH]1. The topological polar surface area (TPSA) is 75.7 Å². The lowest BCUT2D eigenvalue weighted by Crippen LogP contribution is -2.19. The first-order valence-corrected chi connectivity index (χ1v) is 4.86. The highest BCUT2D eigenvalue weighted by Gasteiger charge is 2.15. The molecule has 0 radical (unpaired) electrons. The molecule has 2 aromatic rings. The molecule has 2 N–H and O–H groups in total. The van der Waals surface area contributed by atoms with E-state index in [1.54, 1.807) is 19.5 Å². The largest absolute Gasteiger partial charge is 0.495 e. The van der Waals surface area contributed by atoms with E-state index in [-0.39, 0.29) is 6.04 Å². The van der Waals surface area contributed by atoms with E-state index in [9.17, 15) is 0 Å². The van der Waals surface area contributed by atoms with E-state index in [0.717, 1.165) is 17.1 Å². The molecule has 6 heteroatoms. The maximum Gasteiger partial charge on any atom is 0.146 e.